The summed E-state index contributed by atoms with van der Waals surface area (Å²) in [5, 5.41) is 2.74. The molecule has 0 heterocycles. The molecule has 0 saturated carbocycles. The van der Waals surface area contributed by atoms with Crippen LogP contribution < -0.4 is 5.32 Å². The highest BCUT2D eigenvalue weighted by molar-refractivity contribution is 5.79. The fraction of sp³-hybridized carbons (Fsp3) is 0.639. The molecule has 0 spiro atoms. The van der Waals surface area contributed by atoms with E-state index in [2.05, 4.69) is 29.6 Å². The Morgan fingerprint density at radius 3 is 1.18 bits per heavy atom. The third-order valence-corrected chi connectivity index (χ3v) is 7.27. The predicted octanol–water partition coefficient (Wildman–Crippen LogP) is 3.32. The van der Waals surface area contributed by atoms with Gasteiger partial charge in [0.15, 0.2) is 0 Å². The maximum absolute atomic E-state index is 12.2. The van der Waals surface area contributed by atoms with E-state index >= 15 is 0 Å². The number of alkyl carbamates (subject to hydrolysis) is 1. The number of hydrogen-bond donors (Lipinski definition) is 1. The zero-order valence-corrected chi connectivity index (χ0v) is 28.9. The monoisotopic (exact) mass is 693 g/mol. The van der Waals surface area contributed by atoms with Crippen LogP contribution in [0.2, 0.25) is 0 Å². The van der Waals surface area contributed by atoms with E-state index in [-0.39, 0.29) is 12.5 Å². The Balaban J connectivity index is 0.979. The van der Waals surface area contributed by atoms with Gasteiger partial charge in [-0.3, -0.25) is 0 Å². The van der Waals surface area contributed by atoms with Crippen LogP contribution >= 0.6 is 0 Å². The van der Waals surface area contributed by atoms with Gasteiger partial charge in [0.25, 0.3) is 0 Å². The predicted molar refractivity (Wildman–Crippen MR) is 182 cm³/mol. The van der Waals surface area contributed by atoms with Crippen LogP contribution in [0.25, 0.3) is 11.1 Å². The molecule has 1 N–H and O–H groups in total. The molecule has 0 saturated heterocycles. The average molecular weight is 694 g/mol. The summed E-state index contributed by atoms with van der Waals surface area (Å²) in [6.07, 6.45) is -0.451. The lowest BCUT2D eigenvalue weighted by molar-refractivity contribution is -0.0258. The second-order valence-electron chi connectivity index (χ2n) is 10.8. The molecule has 1 amide bonds. The summed E-state index contributed by atoms with van der Waals surface area (Å²) in [6, 6.07) is 16.5. The topological polar surface area (TPSA) is 131 Å². The van der Waals surface area contributed by atoms with Crippen LogP contribution in [-0.4, -0.2) is 152 Å². The van der Waals surface area contributed by atoms with E-state index in [0.29, 0.717) is 132 Å². The van der Waals surface area contributed by atoms with Crippen molar-refractivity contribution in [2.24, 2.45) is 0 Å². The zero-order valence-electron chi connectivity index (χ0n) is 28.9. The summed E-state index contributed by atoms with van der Waals surface area (Å²) in [6.45, 7) is 10.1. The van der Waals surface area contributed by atoms with Gasteiger partial charge >= 0.3 is 6.09 Å². The molecule has 13 heteroatoms. The third kappa shape index (κ3) is 18.2. The van der Waals surface area contributed by atoms with Gasteiger partial charge in [-0.15, -0.1) is 0 Å². The molecule has 0 aromatic heterocycles. The number of amides is 1. The number of carbonyl (C=O) groups excluding carboxylic acids is 1. The summed E-state index contributed by atoms with van der Waals surface area (Å²) in [5.41, 5.74) is 4.78. The quantitative estimate of drug-likeness (QED) is 0.113. The van der Waals surface area contributed by atoms with Crippen molar-refractivity contribution in [1.29, 1.82) is 0 Å². The lowest BCUT2D eigenvalue weighted by Crippen LogP contribution is -2.29. The van der Waals surface area contributed by atoms with E-state index in [1.54, 1.807) is 7.11 Å². The van der Waals surface area contributed by atoms with E-state index < -0.39 is 6.09 Å². The first kappa shape index (κ1) is 40.7. The molecule has 0 bridgehead atoms. The molecule has 276 valence electrons. The van der Waals surface area contributed by atoms with Crippen LogP contribution in [-0.2, 0) is 52.1 Å². The minimum atomic E-state index is -0.451. The van der Waals surface area contributed by atoms with Crippen molar-refractivity contribution in [3.8, 4) is 11.1 Å². The minimum Gasteiger partial charge on any atom is -0.449 e. The van der Waals surface area contributed by atoms with Crippen molar-refractivity contribution < 1.29 is 56.9 Å². The number of benzene rings is 2. The number of rotatable bonds is 32. The van der Waals surface area contributed by atoms with E-state index in [1.165, 1.54) is 22.3 Å². The van der Waals surface area contributed by atoms with Gasteiger partial charge in [-0.1, -0.05) is 48.5 Å². The van der Waals surface area contributed by atoms with Crippen LogP contribution in [0, 0.1) is 0 Å². The number of nitrogens with one attached hydrogen (secondary N) is 1. The standard InChI is InChI=1S/C36H55NO12/c1-39-12-13-41-16-17-43-20-21-45-24-25-47-28-29-48-27-26-46-23-22-44-19-18-42-15-14-40-11-10-37-36(38)49-30-35-33-8-4-2-6-31(33)32-7-3-5-9-34(32)35/h2-9,35H,10-30H2,1H3,(H,37,38). The lowest BCUT2D eigenvalue weighted by Gasteiger charge is -2.14. The fourth-order valence-electron chi connectivity index (χ4n) is 4.88. The van der Waals surface area contributed by atoms with Crippen molar-refractivity contribution in [3.63, 3.8) is 0 Å². The highest BCUT2D eigenvalue weighted by Gasteiger charge is 2.28. The van der Waals surface area contributed by atoms with Crippen molar-refractivity contribution in [3.05, 3.63) is 59.7 Å². The SMILES string of the molecule is COCCOCCOCCOCCOCCOCCOCCOCCOCCOCCNC(=O)OCC1c2ccccc2-c2ccccc21. The Morgan fingerprint density at radius 2 is 0.816 bits per heavy atom. The van der Waals surface area contributed by atoms with Gasteiger partial charge < -0.3 is 57.4 Å². The summed E-state index contributed by atoms with van der Waals surface area (Å²) < 4.78 is 59.5. The maximum atomic E-state index is 12.2. The Labute approximate surface area is 290 Å². The Hall–Kier alpha value is -2.69. The molecule has 2 aromatic rings. The van der Waals surface area contributed by atoms with Crippen LogP contribution in [0.15, 0.2) is 48.5 Å². The van der Waals surface area contributed by atoms with Crippen molar-refractivity contribution >= 4 is 6.09 Å². The Kier molecular flexibility index (Phi) is 23.3. The molecule has 0 atom stereocenters. The van der Waals surface area contributed by atoms with E-state index in [4.69, 9.17) is 52.1 Å². The molecule has 3 rings (SSSR count). The van der Waals surface area contributed by atoms with Crippen molar-refractivity contribution in [2.45, 2.75) is 5.92 Å². The van der Waals surface area contributed by atoms with Crippen LogP contribution in [0.4, 0.5) is 4.79 Å². The van der Waals surface area contributed by atoms with Crippen molar-refractivity contribution in [1.82, 2.24) is 5.32 Å². The Bertz CT molecular complexity index is 1060. The molecule has 0 fully saturated rings. The Morgan fingerprint density at radius 1 is 0.490 bits per heavy atom. The smallest absolute Gasteiger partial charge is 0.407 e. The second kappa shape index (κ2) is 28.1. The van der Waals surface area contributed by atoms with Gasteiger partial charge in [0.2, 0.25) is 0 Å². The number of ether oxygens (including phenoxy) is 11. The molecular weight excluding hydrogens is 638 g/mol. The normalized spacial score (nSPS) is 12.3. The number of hydrogen-bond acceptors (Lipinski definition) is 12. The average Bonchev–Trinajstić information content (AvgIpc) is 3.45. The highest BCUT2D eigenvalue weighted by atomic mass is 16.6. The van der Waals surface area contributed by atoms with Crippen LogP contribution in [0.1, 0.15) is 17.0 Å². The van der Waals surface area contributed by atoms with E-state index in [1.807, 2.05) is 24.3 Å². The molecule has 0 aliphatic heterocycles. The number of fused-ring (bicyclic) bond motifs is 3. The molecule has 1 aliphatic carbocycles. The third-order valence-electron chi connectivity index (χ3n) is 7.27. The van der Waals surface area contributed by atoms with Gasteiger partial charge in [0.1, 0.15) is 6.61 Å². The van der Waals surface area contributed by atoms with Crippen LogP contribution in [0.5, 0.6) is 0 Å². The van der Waals surface area contributed by atoms with Gasteiger partial charge in [0, 0.05) is 19.6 Å². The molecule has 2 aromatic carbocycles. The van der Waals surface area contributed by atoms with Crippen molar-refractivity contribution in [2.75, 3.05) is 146 Å². The highest BCUT2D eigenvalue weighted by Crippen LogP contribution is 2.44. The molecule has 0 radical (unpaired) electrons. The van der Waals surface area contributed by atoms with Gasteiger partial charge in [-0.25, -0.2) is 4.79 Å². The number of methoxy groups -OCH3 is 1. The second-order valence-corrected chi connectivity index (χ2v) is 10.8. The van der Waals surface area contributed by atoms with E-state index in [9.17, 15) is 4.79 Å². The zero-order chi connectivity index (χ0) is 34.5. The molecule has 0 unspecified atom stereocenters. The van der Waals surface area contributed by atoms with Gasteiger partial charge in [0.05, 0.1) is 126 Å². The first-order valence-corrected chi connectivity index (χ1v) is 17.1. The lowest BCUT2D eigenvalue weighted by atomic mass is 9.98. The largest absolute Gasteiger partial charge is 0.449 e. The summed E-state index contributed by atoms with van der Waals surface area (Å²) >= 11 is 0. The van der Waals surface area contributed by atoms with Crippen LogP contribution in [0.3, 0.4) is 0 Å². The van der Waals surface area contributed by atoms with Gasteiger partial charge in [-0.05, 0) is 22.3 Å². The van der Waals surface area contributed by atoms with E-state index in [0.717, 1.165) is 0 Å². The minimum absolute atomic E-state index is 0.0392. The maximum Gasteiger partial charge on any atom is 0.407 e. The summed E-state index contributed by atoms with van der Waals surface area (Å²) in [4.78, 5) is 12.2. The number of carbonyl (C=O) groups is 1. The molecule has 49 heavy (non-hydrogen) atoms. The first-order chi connectivity index (χ1) is 24.3. The van der Waals surface area contributed by atoms with Gasteiger partial charge in [-0.2, -0.15) is 0 Å². The molecular formula is C36H55NO12. The summed E-state index contributed by atoms with van der Waals surface area (Å²) in [5.74, 6) is 0.0392. The fourth-order valence-corrected chi connectivity index (χ4v) is 4.88. The first-order valence-electron chi connectivity index (χ1n) is 17.1. The molecule has 13 nitrogen and oxygen atoms in total. The summed E-state index contributed by atoms with van der Waals surface area (Å²) in [7, 11) is 1.64. The molecule has 1 aliphatic rings.